The number of ether oxygens (including phenoxy) is 2. The minimum absolute atomic E-state index is 0.145. The van der Waals surface area contributed by atoms with Crippen LogP contribution in [-0.2, 0) is 6.54 Å². The van der Waals surface area contributed by atoms with Crippen LogP contribution in [0.1, 0.15) is 16.1 Å². The quantitative estimate of drug-likeness (QED) is 0.471. The Bertz CT molecular complexity index is 1090. The summed E-state index contributed by atoms with van der Waals surface area (Å²) in [6.45, 7) is 0.305. The Morgan fingerprint density at radius 3 is 2.38 bits per heavy atom. The molecule has 0 N–H and O–H groups in total. The summed E-state index contributed by atoms with van der Waals surface area (Å²) in [5.74, 6) is 1.18. The van der Waals surface area contributed by atoms with E-state index in [1.54, 1.807) is 37.4 Å². The zero-order valence-electron chi connectivity index (χ0n) is 16.0. The molecule has 0 aliphatic carbocycles. The van der Waals surface area contributed by atoms with Crippen LogP contribution in [0, 0.1) is 0 Å². The topological polar surface area (TPSA) is 64.6 Å². The molecule has 4 rings (SSSR count). The molecule has 1 amide bonds. The molecule has 2 aromatic carbocycles. The highest BCUT2D eigenvalue weighted by Gasteiger charge is 2.24. The summed E-state index contributed by atoms with van der Waals surface area (Å²) >= 11 is 1.39. The van der Waals surface area contributed by atoms with Gasteiger partial charge in [0.05, 0.1) is 26.5 Å². The number of hydrogen-bond acceptors (Lipinski definition) is 6. The molecule has 0 spiro atoms. The highest BCUT2D eigenvalue weighted by Crippen LogP contribution is 2.40. The number of benzene rings is 2. The Balaban J connectivity index is 1.83. The van der Waals surface area contributed by atoms with Crippen LogP contribution in [0.15, 0.2) is 66.9 Å². The number of anilines is 1. The Kier molecular flexibility index (Phi) is 5.39. The van der Waals surface area contributed by atoms with E-state index in [9.17, 15) is 4.79 Å². The molecule has 0 unspecified atom stereocenters. The molecule has 0 saturated heterocycles. The van der Waals surface area contributed by atoms with Gasteiger partial charge in [-0.2, -0.15) is 0 Å². The first-order valence-corrected chi connectivity index (χ1v) is 9.81. The summed E-state index contributed by atoms with van der Waals surface area (Å²) in [7, 11) is 3.21. The zero-order valence-corrected chi connectivity index (χ0v) is 16.8. The predicted molar refractivity (Wildman–Crippen MR) is 114 cm³/mol. The summed E-state index contributed by atoms with van der Waals surface area (Å²) in [6, 6.07) is 18.4. The molecule has 0 bridgehead atoms. The molecule has 146 valence electrons. The first kappa shape index (κ1) is 18.9. The van der Waals surface area contributed by atoms with Crippen LogP contribution in [-0.4, -0.2) is 30.1 Å². The van der Waals surface area contributed by atoms with Crippen molar-refractivity contribution in [2.24, 2.45) is 0 Å². The fourth-order valence-electron chi connectivity index (χ4n) is 3.01. The molecule has 4 aromatic rings. The number of nitrogens with zero attached hydrogens (tertiary/aromatic N) is 3. The first-order chi connectivity index (χ1) is 14.2. The number of carbonyl (C=O) groups is 1. The number of hydrogen-bond donors (Lipinski definition) is 0. The fraction of sp³-hybridized carbons (Fsp3) is 0.136. The average Bonchev–Trinajstić information content (AvgIpc) is 3.23. The molecule has 0 radical (unpaired) electrons. The van der Waals surface area contributed by atoms with Gasteiger partial charge in [0.1, 0.15) is 21.7 Å². The van der Waals surface area contributed by atoms with Crippen molar-refractivity contribution < 1.29 is 14.3 Å². The second-order valence-electron chi connectivity index (χ2n) is 6.22. The van der Waals surface area contributed by atoms with Crippen LogP contribution in [0.25, 0.3) is 10.2 Å². The van der Waals surface area contributed by atoms with Crippen LogP contribution in [0.5, 0.6) is 11.5 Å². The third kappa shape index (κ3) is 3.77. The van der Waals surface area contributed by atoms with Gasteiger partial charge in [0.2, 0.25) is 0 Å². The normalized spacial score (nSPS) is 10.7. The number of pyridine rings is 1. The molecule has 7 heteroatoms. The van der Waals surface area contributed by atoms with Crippen LogP contribution < -0.4 is 14.4 Å². The van der Waals surface area contributed by atoms with Crippen LogP contribution >= 0.6 is 11.3 Å². The summed E-state index contributed by atoms with van der Waals surface area (Å²) in [6.07, 6.45) is 1.71. The standard InChI is InChI=1S/C22H19N3O3S/c1-27-17-11-12-18(28-2)20-19(17)24-22(29-20)25(14-16-10-6-7-13-23-16)21(26)15-8-4-3-5-9-15/h3-13H,14H2,1-2H3. The minimum atomic E-state index is -0.145. The van der Waals surface area contributed by atoms with Crippen molar-refractivity contribution in [3.05, 3.63) is 78.1 Å². The monoisotopic (exact) mass is 405 g/mol. The van der Waals surface area contributed by atoms with E-state index < -0.39 is 0 Å². The third-order valence-electron chi connectivity index (χ3n) is 4.44. The molecule has 0 saturated carbocycles. The SMILES string of the molecule is COc1ccc(OC)c2sc(N(Cc3ccccn3)C(=O)c3ccccc3)nc12. The van der Waals surface area contributed by atoms with Gasteiger partial charge >= 0.3 is 0 Å². The number of carbonyl (C=O) groups excluding carboxylic acids is 1. The van der Waals surface area contributed by atoms with E-state index in [2.05, 4.69) is 4.98 Å². The lowest BCUT2D eigenvalue weighted by Crippen LogP contribution is -2.30. The van der Waals surface area contributed by atoms with Crippen molar-refractivity contribution in [2.45, 2.75) is 6.54 Å². The number of thiazole rings is 1. The van der Waals surface area contributed by atoms with Gasteiger partial charge in [0.15, 0.2) is 5.13 Å². The van der Waals surface area contributed by atoms with Gasteiger partial charge in [-0.15, -0.1) is 0 Å². The van der Waals surface area contributed by atoms with E-state index in [1.807, 2.05) is 48.5 Å². The first-order valence-electron chi connectivity index (χ1n) is 8.99. The van der Waals surface area contributed by atoms with E-state index >= 15 is 0 Å². The fourth-order valence-corrected chi connectivity index (χ4v) is 4.08. The van der Waals surface area contributed by atoms with Crippen molar-refractivity contribution in [3.63, 3.8) is 0 Å². The lowest BCUT2D eigenvalue weighted by atomic mass is 10.2. The average molecular weight is 405 g/mol. The van der Waals surface area contributed by atoms with Gasteiger partial charge < -0.3 is 9.47 Å². The molecular weight excluding hydrogens is 386 g/mol. The molecule has 2 heterocycles. The maximum Gasteiger partial charge on any atom is 0.260 e. The van der Waals surface area contributed by atoms with E-state index in [0.717, 1.165) is 10.4 Å². The zero-order chi connectivity index (χ0) is 20.2. The molecule has 0 aliphatic rings. The van der Waals surface area contributed by atoms with E-state index in [0.29, 0.717) is 34.3 Å². The van der Waals surface area contributed by atoms with Crippen molar-refractivity contribution >= 4 is 32.6 Å². The van der Waals surface area contributed by atoms with Crippen molar-refractivity contribution in [1.82, 2.24) is 9.97 Å². The number of fused-ring (bicyclic) bond motifs is 1. The Hall–Kier alpha value is -3.45. The van der Waals surface area contributed by atoms with Gasteiger partial charge in [0.25, 0.3) is 5.91 Å². The molecule has 0 fully saturated rings. The molecule has 0 aliphatic heterocycles. The third-order valence-corrected chi connectivity index (χ3v) is 5.53. The lowest BCUT2D eigenvalue weighted by molar-refractivity contribution is 0.0985. The van der Waals surface area contributed by atoms with Gasteiger partial charge in [0, 0.05) is 11.8 Å². The van der Waals surface area contributed by atoms with Crippen molar-refractivity contribution in [1.29, 1.82) is 0 Å². The summed E-state index contributed by atoms with van der Waals surface area (Å²) in [4.78, 5) is 24.1. The molecule has 2 aromatic heterocycles. The second-order valence-corrected chi connectivity index (χ2v) is 7.20. The second kappa shape index (κ2) is 8.28. The number of rotatable bonds is 6. The largest absolute Gasteiger partial charge is 0.495 e. The number of methoxy groups -OCH3 is 2. The smallest absolute Gasteiger partial charge is 0.260 e. The van der Waals surface area contributed by atoms with Crippen LogP contribution in [0.4, 0.5) is 5.13 Å². The minimum Gasteiger partial charge on any atom is -0.495 e. The van der Waals surface area contributed by atoms with Crippen LogP contribution in [0.2, 0.25) is 0 Å². The van der Waals surface area contributed by atoms with E-state index in [-0.39, 0.29) is 5.91 Å². The maximum atomic E-state index is 13.3. The van der Waals surface area contributed by atoms with Gasteiger partial charge in [-0.05, 0) is 36.4 Å². The van der Waals surface area contributed by atoms with Crippen LogP contribution in [0.3, 0.4) is 0 Å². The predicted octanol–water partition coefficient (Wildman–Crippen LogP) is 4.56. The summed E-state index contributed by atoms with van der Waals surface area (Å²) < 4.78 is 11.8. The van der Waals surface area contributed by atoms with Gasteiger partial charge in [-0.1, -0.05) is 35.6 Å². The summed E-state index contributed by atoms with van der Waals surface area (Å²) in [5, 5.41) is 0.558. The highest BCUT2D eigenvalue weighted by atomic mass is 32.1. The number of amides is 1. The van der Waals surface area contributed by atoms with Crippen molar-refractivity contribution in [2.75, 3.05) is 19.1 Å². The highest BCUT2D eigenvalue weighted by molar-refractivity contribution is 7.22. The van der Waals surface area contributed by atoms with E-state index in [4.69, 9.17) is 14.5 Å². The number of aromatic nitrogens is 2. The van der Waals surface area contributed by atoms with Crippen molar-refractivity contribution in [3.8, 4) is 11.5 Å². The van der Waals surface area contributed by atoms with Gasteiger partial charge in [-0.25, -0.2) is 4.98 Å². The maximum absolute atomic E-state index is 13.3. The Morgan fingerprint density at radius 2 is 1.69 bits per heavy atom. The summed E-state index contributed by atoms with van der Waals surface area (Å²) in [5.41, 5.74) is 2.02. The molecule has 6 nitrogen and oxygen atoms in total. The lowest BCUT2D eigenvalue weighted by Gasteiger charge is -2.19. The molecule has 0 atom stereocenters. The van der Waals surface area contributed by atoms with Gasteiger partial charge in [-0.3, -0.25) is 14.7 Å². The van der Waals surface area contributed by atoms with E-state index in [1.165, 1.54) is 11.3 Å². The molecular formula is C22H19N3O3S. The Labute approximate surface area is 172 Å². The molecule has 29 heavy (non-hydrogen) atoms. The Morgan fingerprint density at radius 1 is 0.966 bits per heavy atom.